The van der Waals surface area contributed by atoms with Gasteiger partial charge in [-0.2, -0.15) is 4.98 Å². The molecule has 0 aromatic carbocycles. The number of carbonyl (C=O) groups excluding carboxylic acids is 1. The number of ether oxygens (including phenoxy) is 2. The van der Waals surface area contributed by atoms with E-state index in [-0.39, 0.29) is 64.9 Å². The van der Waals surface area contributed by atoms with Crippen LogP contribution in [0.4, 0.5) is 5.82 Å². The fourth-order valence-corrected chi connectivity index (χ4v) is 5.01. The minimum absolute atomic E-state index is 0. The van der Waals surface area contributed by atoms with E-state index in [1.54, 1.807) is 0 Å². The van der Waals surface area contributed by atoms with E-state index in [2.05, 4.69) is 14.0 Å². The van der Waals surface area contributed by atoms with Gasteiger partial charge in [0.1, 0.15) is 42.3 Å². The number of nitrogens with zero attached hydrogens (tertiary/aromatic N) is 2. The quantitative estimate of drug-likeness (QED) is 0.0949. The van der Waals surface area contributed by atoms with Crippen molar-refractivity contribution in [2.45, 2.75) is 68.1 Å². The molecule has 9 unspecified atom stereocenters. The average molecular weight is 615 g/mol. The molecule has 0 bridgehead atoms. The number of carbonyl (C=O) groups is 1. The van der Waals surface area contributed by atoms with Crippen LogP contribution in [-0.4, -0.2) is 108 Å². The van der Waals surface area contributed by atoms with Crippen molar-refractivity contribution < 1.29 is 128 Å². The van der Waals surface area contributed by atoms with E-state index in [0.717, 1.165) is 10.8 Å². The van der Waals surface area contributed by atoms with E-state index in [1.165, 1.54) is 13.0 Å². The number of nitrogens with two attached hydrogens (primary N) is 1. The number of carboxylic acids is 1. The van der Waals surface area contributed by atoms with E-state index < -0.39 is 99.8 Å². The van der Waals surface area contributed by atoms with Gasteiger partial charge in [-0.3, -0.25) is 13.7 Å². The summed E-state index contributed by atoms with van der Waals surface area (Å²) in [5.41, 5.74) is 4.45. The first kappa shape index (κ1) is 38.0. The summed E-state index contributed by atoms with van der Waals surface area (Å²) in [6.07, 6.45) is -13.7. The smallest absolute Gasteiger partial charge is 0.756 e. The Bertz CT molecular complexity index is 1120. The van der Waals surface area contributed by atoms with Crippen LogP contribution in [0.25, 0.3) is 0 Å². The molecule has 1 aromatic heterocycles. The zero-order chi connectivity index (χ0) is 28.6. The van der Waals surface area contributed by atoms with E-state index in [9.17, 15) is 49.7 Å². The Morgan fingerprint density at radius 2 is 1.95 bits per heavy atom. The number of carboxylic acid groups (broad SMARTS) is 1. The number of aliphatic hydroxyl groups is 6. The Kier molecular flexibility index (Phi) is 14.3. The zero-order valence-electron chi connectivity index (χ0n) is 21.7. The van der Waals surface area contributed by atoms with Gasteiger partial charge in [0.25, 0.3) is 7.82 Å². The van der Waals surface area contributed by atoms with Crippen molar-refractivity contribution in [2.75, 3.05) is 18.9 Å². The van der Waals surface area contributed by atoms with Gasteiger partial charge in [0.2, 0.25) is 5.79 Å². The van der Waals surface area contributed by atoms with E-state index in [0.29, 0.717) is 0 Å². The van der Waals surface area contributed by atoms with Crippen LogP contribution in [0.1, 0.15) is 19.6 Å². The second-order valence-corrected chi connectivity index (χ2v) is 10.3. The summed E-state index contributed by atoms with van der Waals surface area (Å²) in [6.45, 7) is -0.705. The number of hydrogen-bond donors (Lipinski definition) is 7. The van der Waals surface area contributed by atoms with Crippen molar-refractivity contribution in [1.29, 1.82) is 0 Å². The number of aliphatic carboxylic acids is 1. The number of phosphoric acid groups is 1. The normalized spacial score (nSPS) is 35.0. The molecule has 0 amide bonds. The van der Waals surface area contributed by atoms with Crippen LogP contribution < -0.4 is 80.5 Å². The van der Waals surface area contributed by atoms with Crippen molar-refractivity contribution in [1.82, 2.24) is 9.55 Å². The Morgan fingerprint density at radius 1 is 1.32 bits per heavy atom. The van der Waals surface area contributed by atoms with Crippen LogP contribution in [0.2, 0.25) is 0 Å². The molecule has 2 aliphatic heterocycles. The summed E-state index contributed by atoms with van der Waals surface area (Å²) >= 11 is 0. The molecule has 18 nitrogen and oxygen atoms in total. The SMILES string of the molecule is CC1C(O)CC(OP(=O)([O-])OCC2OC(n3ccc(N)nc3=O)C(O)C2O)(C(=O)[O-])OC1[C@H](O)[C@H](O)CO.[Na+].[Na+]. The minimum Gasteiger partial charge on any atom is -0.756 e. The molecule has 0 aliphatic carbocycles. The Morgan fingerprint density at radius 3 is 2.50 bits per heavy atom. The summed E-state index contributed by atoms with van der Waals surface area (Å²) in [5.74, 6) is -6.68. The van der Waals surface area contributed by atoms with Gasteiger partial charge in [0.05, 0.1) is 25.4 Å². The molecule has 3 rings (SSSR count). The number of phosphoric ester groups is 1. The molecule has 8 N–H and O–H groups in total. The van der Waals surface area contributed by atoms with Gasteiger partial charge in [0, 0.05) is 18.5 Å². The number of anilines is 1. The average Bonchev–Trinajstić information content (AvgIpc) is 3.12. The Balaban J connectivity index is 0.00000400. The minimum atomic E-state index is -5.69. The molecule has 216 valence electrons. The molecule has 0 saturated carbocycles. The van der Waals surface area contributed by atoms with Gasteiger partial charge in [-0.05, 0) is 6.07 Å². The standard InChI is InChI=1S/C19H30N3O15P.2Na/c1-7-8(24)4-19(17(29)30,36-15(7)12(26)9(25)5-23)37-38(32,33)34-6-10-13(27)14(28)16(35-10)22-3-2-11(20)21-18(22)31;;/h2-3,7-10,12-16,23-28H,4-6H2,1H3,(H,29,30)(H,32,33)(H2,20,21,31);;/q;2*+1/p-2/t7?,8?,9-,10?,12-,13?,14?,15?,16?,19?;;/m1../s1. The largest absolute Gasteiger partial charge is 1.00 e. The maximum atomic E-state index is 12.6. The first-order valence-corrected chi connectivity index (χ1v) is 12.7. The van der Waals surface area contributed by atoms with Gasteiger partial charge >= 0.3 is 64.8 Å². The summed E-state index contributed by atoms with van der Waals surface area (Å²) in [6, 6.07) is 1.20. The predicted octanol–water partition coefficient (Wildman–Crippen LogP) is -12.1. The number of hydrogen-bond acceptors (Lipinski definition) is 17. The summed E-state index contributed by atoms with van der Waals surface area (Å²) in [7, 11) is -5.69. The summed E-state index contributed by atoms with van der Waals surface area (Å²) < 4.78 is 33.0. The van der Waals surface area contributed by atoms with Gasteiger partial charge in [0.15, 0.2) is 6.23 Å². The van der Waals surface area contributed by atoms with Gasteiger partial charge in [-0.1, -0.05) is 6.92 Å². The summed E-state index contributed by atoms with van der Waals surface area (Å²) in [4.78, 5) is 39.9. The van der Waals surface area contributed by atoms with Crippen molar-refractivity contribution in [2.24, 2.45) is 5.92 Å². The molecular weight excluding hydrogens is 587 g/mol. The van der Waals surface area contributed by atoms with Crippen molar-refractivity contribution in [3.63, 3.8) is 0 Å². The Labute approximate surface area is 270 Å². The zero-order valence-corrected chi connectivity index (χ0v) is 26.6. The molecular formula is C19H28N3Na2O15P. The first-order chi connectivity index (χ1) is 17.6. The number of nitrogen functional groups attached to an aromatic ring is 1. The third kappa shape index (κ3) is 8.31. The van der Waals surface area contributed by atoms with E-state index >= 15 is 0 Å². The van der Waals surface area contributed by atoms with E-state index in [4.69, 9.17) is 20.3 Å². The molecule has 3 heterocycles. The van der Waals surface area contributed by atoms with Gasteiger partial charge < -0.3 is 65.2 Å². The molecule has 40 heavy (non-hydrogen) atoms. The van der Waals surface area contributed by atoms with Crippen LogP contribution in [0.15, 0.2) is 17.1 Å². The maximum absolute atomic E-state index is 12.6. The molecule has 0 spiro atoms. The predicted molar refractivity (Wildman–Crippen MR) is 115 cm³/mol. The number of rotatable bonds is 10. The van der Waals surface area contributed by atoms with Crippen molar-refractivity contribution in [3.05, 3.63) is 22.7 Å². The maximum Gasteiger partial charge on any atom is 1.00 e. The summed E-state index contributed by atoms with van der Waals surface area (Å²) in [5, 5.41) is 71.7. The third-order valence-electron chi connectivity index (χ3n) is 6.28. The van der Waals surface area contributed by atoms with Crippen LogP contribution >= 0.6 is 7.82 Å². The second kappa shape index (κ2) is 15.1. The molecule has 2 aliphatic rings. The molecule has 0 radical (unpaired) electrons. The molecule has 2 saturated heterocycles. The van der Waals surface area contributed by atoms with E-state index in [1.807, 2.05) is 0 Å². The number of aliphatic hydroxyl groups excluding tert-OH is 6. The third-order valence-corrected chi connectivity index (χ3v) is 7.26. The fourth-order valence-electron chi connectivity index (χ4n) is 4.08. The number of aromatic nitrogens is 2. The topological polar surface area (TPSA) is 299 Å². The van der Waals surface area contributed by atoms with Crippen LogP contribution in [0.3, 0.4) is 0 Å². The van der Waals surface area contributed by atoms with Crippen LogP contribution in [-0.2, 0) is 27.9 Å². The molecule has 21 heteroatoms. The molecule has 1 aromatic rings. The van der Waals surface area contributed by atoms with Gasteiger partial charge in [-0.25, -0.2) is 4.79 Å². The van der Waals surface area contributed by atoms with Gasteiger partial charge in [-0.15, -0.1) is 0 Å². The van der Waals surface area contributed by atoms with Crippen molar-refractivity contribution >= 4 is 19.6 Å². The molecule has 2 fully saturated rings. The Hall–Kier alpha value is -0.0600. The van der Waals surface area contributed by atoms with Crippen LogP contribution in [0, 0.1) is 5.92 Å². The second-order valence-electron chi connectivity index (χ2n) is 8.92. The first-order valence-electron chi connectivity index (χ1n) is 11.2. The monoisotopic (exact) mass is 615 g/mol. The molecule has 11 atom stereocenters. The van der Waals surface area contributed by atoms with Crippen molar-refractivity contribution in [3.8, 4) is 0 Å². The fraction of sp³-hybridized carbons (Fsp3) is 0.737. The van der Waals surface area contributed by atoms with Crippen LogP contribution in [0.5, 0.6) is 0 Å².